The van der Waals surface area contributed by atoms with Crippen molar-refractivity contribution in [3.63, 3.8) is 0 Å². The topological polar surface area (TPSA) is 75.5 Å². The summed E-state index contributed by atoms with van der Waals surface area (Å²) in [6.07, 6.45) is 2.22. The van der Waals surface area contributed by atoms with Gasteiger partial charge >= 0.3 is 11.8 Å². The third-order valence-electron chi connectivity index (χ3n) is 4.12. The predicted octanol–water partition coefficient (Wildman–Crippen LogP) is 2.60. The molecule has 0 aliphatic heterocycles. The van der Waals surface area contributed by atoms with E-state index in [4.69, 9.17) is 0 Å². The first kappa shape index (κ1) is 19.4. The van der Waals surface area contributed by atoms with Crippen LogP contribution in [-0.4, -0.2) is 28.6 Å². The Kier molecular flexibility index (Phi) is 6.27. The van der Waals surface area contributed by atoms with E-state index in [1.54, 1.807) is 12.1 Å². The van der Waals surface area contributed by atoms with E-state index >= 15 is 0 Å². The summed E-state index contributed by atoms with van der Waals surface area (Å²) in [7, 11) is 0. The van der Waals surface area contributed by atoms with Crippen LogP contribution in [0.4, 0.5) is 4.39 Å². The van der Waals surface area contributed by atoms with Gasteiger partial charge in [0.15, 0.2) is 0 Å². The Hall–Kier alpha value is -2.96. The van der Waals surface area contributed by atoms with Gasteiger partial charge in [-0.05, 0) is 57.5 Å². The quantitative estimate of drug-likeness (QED) is 0.490. The second-order valence-corrected chi connectivity index (χ2v) is 6.12. The number of aromatic nitrogens is 1. The molecule has 0 bridgehead atoms. The summed E-state index contributed by atoms with van der Waals surface area (Å²) in [6, 6.07) is 8.00. The monoisotopic (exact) mass is 358 g/mol. The summed E-state index contributed by atoms with van der Waals surface area (Å²) in [5.41, 5.74) is 5.67. The van der Waals surface area contributed by atoms with Gasteiger partial charge in [-0.3, -0.25) is 9.59 Å². The van der Waals surface area contributed by atoms with Crippen molar-refractivity contribution in [1.29, 1.82) is 0 Å². The van der Waals surface area contributed by atoms with Gasteiger partial charge in [-0.15, -0.1) is 0 Å². The Balaban J connectivity index is 2.10. The lowest BCUT2D eigenvalue weighted by atomic mass is 10.2. The number of benzene rings is 1. The minimum atomic E-state index is -0.811. The molecular weight excluding hydrogens is 335 g/mol. The van der Waals surface area contributed by atoms with Crippen molar-refractivity contribution in [3.8, 4) is 5.69 Å². The van der Waals surface area contributed by atoms with Crippen LogP contribution in [0.3, 0.4) is 0 Å². The van der Waals surface area contributed by atoms with Crippen LogP contribution in [0.1, 0.15) is 37.2 Å². The molecule has 0 spiro atoms. The maximum Gasteiger partial charge on any atom is 0.329 e. The highest BCUT2D eigenvalue weighted by molar-refractivity contribution is 6.35. The Morgan fingerprint density at radius 1 is 1.23 bits per heavy atom. The zero-order valence-corrected chi connectivity index (χ0v) is 15.3. The molecule has 0 fully saturated rings. The highest BCUT2D eigenvalue weighted by Gasteiger charge is 2.14. The predicted molar refractivity (Wildman–Crippen MR) is 98.8 cm³/mol. The molecule has 0 aliphatic rings. The molecule has 2 N–H and O–H groups in total. The SMILES string of the molecule is CC[C@@H](C)NC(=O)C(=O)N/N=C\c1cc(C)n(-c2ccc(F)cc2)c1C. The summed E-state index contributed by atoms with van der Waals surface area (Å²) in [5, 5.41) is 6.43. The van der Waals surface area contributed by atoms with E-state index in [0.717, 1.165) is 29.1 Å². The Morgan fingerprint density at radius 2 is 1.88 bits per heavy atom. The lowest BCUT2D eigenvalue weighted by Crippen LogP contribution is -2.41. The van der Waals surface area contributed by atoms with Gasteiger partial charge in [0.2, 0.25) is 0 Å². The van der Waals surface area contributed by atoms with E-state index in [1.807, 2.05) is 38.3 Å². The number of hydrazone groups is 1. The lowest BCUT2D eigenvalue weighted by molar-refractivity contribution is -0.139. The van der Waals surface area contributed by atoms with Gasteiger partial charge in [-0.25, -0.2) is 9.82 Å². The number of halogens is 1. The second-order valence-electron chi connectivity index (χ2n) is 6.12. The third-order valence-corrected chi connectivity index (χ3v) is 4.12. The van der Waals surface area contributed by atoms with Gasteiger partial charge in [-0.2, -0.15) is 5.10 Å². The minimum absolute atomic E-state index is 0.0770. The van der Waals surface area contributed by atoms with E-state index in [0.29, 0.717) is 0 Å². The van der Waals surface area contributed by atoms with Gasteiger partial charge in [0.25, 0.3) is 0 Å². The van der Waals surface area contributed by atoms with Crippen LogP contribution >= 0.6 is 0 Å². The molecule has 138 valence electrons. The first-order chi connectivity index (χ1) is 12.3. The lowest BCUT2D eigenvalue weighted by Gasteiger charge is -2.09. The van der Waals surface area contributed by atoms with Crippen LogP contribution < -0.4 is 10.7 Å². The van der Waals surface area contributed by atoms with Crippen molar-refractivity contribution in [2.24, 2.45) is 5.10 Å². The van der Waals surface area contributed by atoms with Crippen molar-refractivity contribution in [1.82, 2.24) is 15.3 Å². The number of amides is 2. The van der Waals surface area contributed by atoms with Gasteiger partial charge in [-0.1, -0.05) is 6.92 Å². The molecule has 0 unspecified atom stereocenters. The van der Waals surface area contributed by atoms with Crippen molar-refractivity contribution in [2.45, 2.75) is 40.2 Å². The number of hydrogen-bond acceptors (Lipinski definition) is 3. The zero-order valence-electron chi connectivity index (χ0n) is 15.3. The van der Waals surface area contributed by atoms with Gasteiger partial charge < -0.3 is 9.88 Å². The highest BCUT2D eigenvalue weighted by atomic mass is 19.1. The molecule has 1 heterocycles. The van der Waals surface area contributed by atoms with Crippen LogP contribution in [0.25, 0.3) is 5.69 Å². The van der Waals surface area contributed by atoms with Crippen LogP contribution in [0.15, 0.2) is 35.4 Å². The number of nitrogens with one attached hydrogen (secondary N) is 2. The van der Waals surface area contributed by atoms with E-state index in [-0.39, 0.29) is 11.9 Å². The second kappa shape index (κ2) is 8.42. The molecule has 26 heavy (non-hydrogen) atoms. The Morgan fingerprint density at radius 3 is 2.50 bits per heavy atom. The van der Waals surface area contributed by atoms with Gasteiger partial charge in [0.05, 0.1) is 6.21 Å². The summed E-state index contributed by atoms with van der Waals surface area (Å²) >= 11 is 0. The fraction of sp³-hybridized carbons (Fsp3) is 0.316. The van der Waals surface area contributed by atoms with E-state index in [1.165, 1.54) is 18.3 Å². The summed E-state index contributed by atoms with van der Waals surface area (Å²) in [4.78, 5) is 23.4. The standard InChI is InChI=1S/C19H23FN4O2/c1-5-12(2)22-18(25)19(26)23-21-11-15-10-13(3)24(14(15)4)17-8-6-16(20)7-9-17/h6-12H,5H2,1-4H3,(H,22,25)(H,23,26)/b21-11-/t12-/m1/s1. The van der Waals surface area contributed by atoms with Crippen LogP contribution in [-0.2, 0) is 9.59 Å². The van der Waals surface area contributed by atoms with Crippen molar-refractivity contribution < 1.29 is 14.0 Å². The summed E-state index contributed by atoms with van der Waals surface area (Å²) in [5.74, 6) is -1.82. The van der Waals surface area contributed by atoms with Crippen LogP contribution in [0.5, 0.6) is 0 Å². The van der Waals surface area contributed by atoms with Gasteiger partial charge in [0.1, 0.15) is 5.82 Å². The molecule has 0 radical (unpaired) electrons. The molecule has 2 amide bonds. The number of carbonyl (C=O) groups excluding carboxylic acids is 2. The maximum absolute atomic E-state index is 13.1. The largest absolute Gasteiger partial charge is 0.345 e. The number of aryl methyl sites for hydroxylation is 1. The number of rotatable bonds is 5. The minimum Gasteiger partial charge on any atom is -0.345 e. The summed E-state index contributed by atoms with van der Waals surface area (Å²) < 4.78 is 15.1. The Labute approximate surface area is 152 Å². The highest BCUT2D eigenvalue weighted by Crippen LogP contribution is 2.19. The van der Waals surface area contributed by atoms with E-state index in [9.17, 15) is 14.0 Å². The third kappa shape index (κ3) is 4.56. The van der Waals surface area contributed by atoms with Crippen LogP contribution in [0.2, 0.25) is 0 Å². The zero-order chi connectivity index (χ0) is 19.3. The molecule has 1 aromatic heterocycles. The first-order valence-electron chi connectivity index (χ1n) is 8.42. The first-order valence-corrected chi connectivity index (χ1v) is 8.42. The summed E-state index contributed by atoms with van der Waals surface area (Å²) in [6.45, 7) is 7.55. The number of nitrogens with zero attached hydrogens (tertiary/aromatic N) is 2. The molecule has 7 heteroatoms. The molecule has 0 aliphatic carbocycles. The Bertz CT molecular complexity index is 825. The van der Waals surface area contributed by atoms with Crippen molar-refractivity contribution in [2.75, 3.05) is 0 Å². The molecule has 1 aromatic carbocycles. The molecule has 2 rings (SSSR count). The molecule has 2 aromatic rings. The number of hydrogen-bond donors (Lipinski definition) is 2. The van der Waals surface area contributed by atoms with Gasteiger partial charge in [0, 0.05) is 28.7 Å². The normalized spacial score (nSPS) is 12.2. The molecule has 1 atom stereocenters. The fourth-order valence-electron chi connectivity index (χ4n) is 2.51. The molecular formula is C19H23FN4O2. The molecule has 0 saturated carbocycles. The average Bonchev–Trinajstić information content (AvgIpc) is 2.89. The number of carbonyl (C=O) groups is 2. The molecule has 6 nitrogen and oxygen atoms in total. The maximum atomic E-state index is 13.1. The molecule has 0 saturated heterocycles. The fourth-order valence-corrected chi connectivity index (χ4v) is 2.51. The van der Waals surface area contributed by atoms with Crippen molar-refractivity contribution >= 4 is 18.0 Å². The van der Waals surface area contributed by atoms with Crippen molar-refractivity contribution in [3.05, 3.63) is 53.1 Å². The smallest absolute Gasteiger partial charge is 0.329 e. The average molecular weight is 358 g/mol. The van der Waals surface area contributed by atoms with Crippen LogP contribution in [0, 0.1) is 19.7 Å². The van der Waals surface area contributed by atoms with E-state index in [2.05, 4.69) is 15.8 Å². The van der Waals surface area contributed by atoms with E-state index < -0.39 is 11.8 Å².